The van der Waals surface area contributed by atoms with Crippen molar-refractivity contribution >= 4 is 40.2 Å². The van der Waals surface area contributed by atoms with Crippen LogP contribution in [0.3, 0.4) is 0 Å². The van der Waals surface area contributed by atoms with Crippen molar-refractivity contribution in [2.24, 2.45) is 0 Å². The first-order valence-corrected chi connectivity index (χ1v) is 20.4. The van der Waals surface area contributed by atoms with Crippen molar-refractivity contribution in [3.63, 3.8) is 0 Å². The Morgan fingerprint density at radius 3 is 2.12 bits per heavy atom. The third kappa shape index (κ3) is 5.60. The van der Waals surface area contributed by atoms with Crippen LogP contribution in [0.1, 0.15) is 117 Å². The number of nitrogens with zero attached hydrogens (tertiary/aromatic N) is 5. The molecule has 0 fully saturated rings. The van der Waals surface area contributed by atoms with Crippen molar-refractivity contribution in [1.82, 2.24) is 19.0 Å². The van der Waals surface area contributed by atoms with Crippen LogP contribution in [0, 0.1) is 0 Å². The van der Waals surface area contributed by atoms with Gasteiger partial charge in [-0.2, -0.15) is 0 Å². The number of fused-ring (bicyclic) bond motifs is 5. The average molecular weight is 740 g/mol. The Labute approximate surface area is 332 Å². The summed E-state index contributed by atoms with van der Waals surface area (Å²) in [5.41, 5.74) is 11.0. The Hall–Kier alpha value is -5.30. The second kappa shape index (κ2) is 12.6. The molecule has 284 valence electrons. The maximum Gasteiger partial charge on any atom is 0.391 e. The Balaban J connectivity index is 1.22. The topological polar surface area (TPSA) is 48.1 Å². The van der Waals surface area contributed by atoms with Crippen molar-refractivity contribution in [3.8, 4) is 28.7 Å². The minimum Gasteiger partial charge on any atom is -0.457 e. The van der Waals surface area contributed by atoms with Gasteiger partial charge in [0.15, 0.2) is 0 Å². The smallest absolute Gasteiger partial charge is 0.391 e. The van der Waals surface area contributed by atoms with E-state index >= 15 is 0 Å². The van der Waals surface area contributed by atoms with Gasteiger partial charge in [0.1, 0.15) is 23.1 Å². The fourth-order valence-electron chi connectivity index (χ4n) is 9.98. The first-order valence-electron chi connectivity index (χ1n) is 20.4. The molecule has 0 aliphatic carbocycles. The van der Waals surface area contributed by atoms with Gasteiger partial charge < -0.3 is 14.0 Å². The van der Waals surface area contributed by atoms with E-state index in [1.807, 2.05) is 6.20 Å². The zero-order valence-corrected chi connectivity index (χ0v) is 34.9. The van der Waals surface area contributed by atoms with Crippen LogP contribution in [0.4, 0.5) is 11.4 Å². The van der Waals surface area contributed by atoms with Gasteiger partial charge in [-0.3, -0.25) is 4.57 Å². The highest BCUT2D eigenvalue weighted by Crippen LogP contribution is 2.57. The standard InChI is InChI=1S/C49H54BN5O/c1-30(2)35-16-14-17-36(31(3)4)45(35)54-41-22-20-33(26-39(41)46-52-28-43-48(8,9)29-49(10,11)50(54)55(43)46)56-34-19-21-38-37-15-12-13-18-40(37)53(42(38)27-34)44-25-32(23-24-51-44)47(5,6)7/h12-28,30-31H,29H2,1-11H3. The normalized spacial score (nSPS) is 15.9. The molecule has 0 spiro atoms. The Kier molecular flexibility index (Phi) is 8.18. The molecule has 6 nitrogen and oxygen atoms in total. The summed E-state index contributed by atoms with van der Waals surface area (Å²) in [7, 11) is 0. The number of hydrogen-bond donors (Lipinski definition) is 0. The first kappa shape index (κ1) is 36.3. The van der Waals surface area contributed by atoms with Gasteiger partial charge in [-0.1, -0.05) is 113 Å². The lowest BCUT2D eigenvalue weighted by atomic mass is 9.42. The molecule has 3 aromatic heterocycles. The van der Waals surface area contributed by atoms with E-state index in [0.717, 1.165) is 46.2 Å². The van der Waals surface area contributed by atoms with Gasteiger partial charge in [0, 0.05) is 57.3 Å². The second-order valence-electron chi connectivity index (χ2n) is 19.2. The van der Waals surface area contributed by atoms with Crippen LogP contribution < -0.4 is 9.55 Å². The molecule has 0 saturated carbocycles. The minimum absolute atomic E-state index is 0.000407. The van der Waals surface area contributed by atoms with E-state index in [4.69, 9.17) is 14.7 Å². The highest BCUT2D eigenvalue weighted by molar-refractivity contribution is 6.68. The highest BCUT2D eigenvalue weighted by atomic mass is 16.5. The third-order valence-corrected chi connectivity index (χ3v) is 12.3. The number of hydrogen-bond acceptors (Lipinski definition) is 4. The SMILES string of the molecule is CC(C)c1cccc(C(C)C)c1N1B2n3c(cnc3-c3cc(Oc4ccc5c6ccccc6n(-c6cc(C(C)(C)C)ccn6)c5c4)ccc31)C(C)(C)CC2(C)C. The summed E-state index contributed by atoms with van der Waals surface area (Å²) in [5, 5.41) is 2.31. The van der Waals surface area contributed by atoms with Crippen molar-refractivity contribution in [3.05, 3.63) is 126 Å². The van der Waals surface area contributed by atoms with E-state index in [1.54, 1.807) is 0 Å². The van der Waals surface area contributed by atoms with Gasteiger partial charge in [0.2, 0.25) is 0 Å². The molecule has 5 heterocycles. The van der Waals surface area contributed by atoms with Crippen molar-refractivity contribution in [1.29, 1.82) is 0 Å². The Morgan fingerprint density at radius 2 is 1.41 bits per heavy atom. The number of anilines is 2. The summed E-state index contributed by atoms with van der Waals surface area (Å²) >= 11 is 0. The van der Waals surface area contributed by atoms with Crippen LogP contribution in [-0.2, 0) is 10.8 Å². The average Bonchev–Trinajstić information content (AvgIpc) is 3.73. The van der Waals surface area contributed by atoms with Crippen LogP contribution in [0.2, 0.25) is 5.31 Å². The maximum atomic E-state index is 6.86. The zero-order valence-electron chi connectivity index (χ0n) is 34.9. The van der Waals surface area contributed by atoms with E-state index in [0.29, 0.717) is 11.8 Å². The van der Waals surface area contributed by atoms with Crippen molar-refractivity contribution in [2.75, 3.05) is 4.81 Å². The number of para-hydroxylation sites is 2. The van der Waals surface area contributed by atoms with Crippen LogP contribution >= 0.6 is 0 Å². The molecule has 0 atom stereocenters. The molecule has 2 aliphatic rings. The number of benzene rings is 4. The third-order valence-electron chi connectivity index (χ3n) is 12.3. The van der Waals surface area contributed by atoms with Gasteiger partial charge >= 0.3 is 6.98 Å². The molecule has 0 radical (unpaired) electrons. The number of aromatic nitrogens is 4. The lowest BCUT2D eigenvalue weighted by Gasteiger charge is -2.52. The summed E-state index contributed by atoms with van der Waals surface area (Å²) in [6, 6.07) is 32.9. The molecule has 56 heavy (non-hydrogen) atoms. The molecule has 7 heteroatoms. The predicted octanol–water partition coefficient (Wildman–Crippen LogP) is 13.3. The van der Waals surface area contributed by atoms with E-state index < -0.39 is 0 Å². The quantitative estimate of drug-likeness (QED) is 0.159. The fraction of sp³-hybridized carbons (Fsp3) is 0.347. The van der Waals surface area contributed by atoms with Crippen LogP contribution in [-0.4, -0.2) is 26.0 Å². The molecule has 2 aliphatic heterocycles. The Morgan fingerprint density at radius 1 is 0.732 bits per heavy atom. The van der Waals surface area contributed by atoms with Crippen molar-refractivity contribution < 1.29 is 4.74 Å². The molecule has 4 aromatic carbocycles. The number of pyridine rings is 1. The molecule has 0 saturated heterocycles. The second-order valence-corrected chi connectivity index (χ2v) is 19.2. The van der Waals surface area contributed by atoms with E-state index in [1.165, 1.54) is 44.5 Å². The molecule has 0 bridgehead atoms. The predicted molar refractivity (Wildman–Crippen MR) is 235 cm³/mol. The number of rotatable bonds is 6. The minimum atomic E-state index is -0.0493. The number of imidazole rings is 1. The molecule has 0 amide bonds. The zero-order chi connectivity index (χ0) is 39.5. The molecule has 0 N–H and O–H groups in total. The van der Waals surface area contributed by atoms with Crippen LogP contribution in [0.25, 0.3) is 39.0 Å². The summed E-state index contributed by atoms with van der Waals surface area (Å²) < 4.78 is 11.7. The molecule has 9 rings (SSSR count). The molecule has 7 aromatic rings. The van der Waals surface area contributed by atoms with Gasteiger partial charge in [0.05, 0.1) is 11.0 Å². The lowest BCUT2D eigenvalue weighted by molar-refractivity contribution is 0.369. The summed E-state index contributed by atoms with van der Waals surface area (Å²) in [4.78, 5) is 12.8. The van der Waals surface area contributed by atoms with E-state index in [2.05, 4.69) is 187 Å². The largest absolute Gasteiger partial charge is 0.457 e. The van der Waals surface area contributed by atoms with Crippen molar-refractivity contribution in [2.45, 2.75) is 111 Å². The first-order chi connectivity index (χ1) is 26.5. The van der Waals surface area contributed by atoms with Crippen LogP contribution in [0.15, 0.2) is 103 Å². The lowest BCUT2D eigenvalue weighted by Crippen LogP contribution is -2.58. The fourth-order valence-corrected chi connectivity index (χ4v) is 9.98. The summed E-state index contributed by atoms with van der Waals surface area (Å²) in [6.45, 7) is 25.7. The Bertz CT molecular complexity index is 2650. The monoisotopic (exact) mass is 739 g/mol. The highest BCUT2D eigenvalue weighted by Gasteiger charge is 2.55. The number of ether oxygens (including phenoxy) is 1. The molecule has 0 unspecified atom stereocenters. The molecular formula is C49H54BN5O. The summed E-state index contributed by atoms with van der Waals surface area (Å²) in [6.07, 6.45) is 5.11. The van der Waals surface area contributed by atoms with E-state index in [9.17, 15) is 0 Å². The van der Waals surface area contributed by atoms with Gasteiger partial charge in [-0.25, -0.2) is 9.97 Å². The summed E-state index contributed by atoms with van der Waals surface area (Å²) in [5.74, 6) is 4.19. The van der Waals surface area contributed by atoms with Gasteiger partial charge in [-0.15, -0.1) is 0 Å². The van der Waals surface area contributed by atoms with Gasteiger partial charge in [0.25, 0.3) is 0 Å². The molecular weight excluding hydrogens is 685 g/mol. The van der Waals surface area contributed by atoms with Gasteiger partial charge in [-0.05, 0) is 94.2 Å². The van der Waals surface area contributed by atoms with Crippen LogP contribution in [0.5, 0.6) is 11.5 Å². The maximum absolute atomic E-state index is 6.86. The van der Waals surface area contributed by atoms with E-state index in [-0.39, 0.29) is 23.1 Å².